The van der Waals surface area contributed by atoms with Gasteiger partial charge in [0.05, 0.1) is 12.1 Å². The first-order chi connectivity index (χ1) is 14.7. The number of nitrogens with one attached hydrogen (secondary N) is 2. The highest BCUT2D eigenvalue weighted by atomic mass is 16.5. The first kappa shape index (κ1) is 20.6. The number of pyridine rings is 2. The van der Waals surface area contributed by atoms with E-state index in [0.717, 1.165) is 42.7 Å². The van der Waals surface area contributed by atoms with Crippen molar-refractivity contribution in [2.24, 2.45) is 13.0 Å². The number of benzene rings is 1. The third kappa shape index (κ3) is 4.89. The van der Waals surface area contributed by atoms with E-state index >= 15 is 0 Å². The molecule has 30 heavy (non-hydrogen) atoms. The fourth-order valence-corrected chi connectivity index (χ4v) is 4.28. The van der Waals surface area contributed by atoms with Crippen molar-refractivity contribution in [1.82, 2.24) is 20.2 Å². The third-order valence-corrected chi connectivity index (χ3v) is 5.97. The van der Waals surface area contributed by atoms with E-state index in [1.54, 1.807) is 17.7 Å². The summed E-state index contributed by atoms with van der Waals surface area (Å²) in [6, 6.07) is 13.9. The van der Waals surface area contributed by atoms with E-state index in [-0.39, 0.29) is 5.56 Å². The molecule has 1 fully saturated rings. The van der Waals surface area contributed by atoms with Crippen LogP contribution in [-0.2, 0) is 7.05 Å². The lowest BCUT2D eigenvalue weighted by Crippen LogP contribution is -2.37. The molecule has 0 radical (unpaired) electrons. The summed E-state index contributed by atoms with van der Waals surface area (Å²) in [7, 11) is 1.79. The molecule has 158 valence electrons. The average molecular weight is 407 g/mol. The maximum atomic E-state index is 11.8. The van der Waals surface area contributed by atoms with Gasteiger partial charge in [-0.05, 0) is 86.8 Å². The second kappa shape index (κ2) is 9.87. The highest BCUT2D eigenvalue weighted by Crippen LogP contribution is 2.28. The summed E-state index contributed by atoms with van der Waals surface area (Å²) in [5, 5.41) is 8.23. The standard InChI is InChI=1S/C24H30N4O2/c1-28-22-5-4-21(17-20(22)3-6-23(28)29)30-16-2-11-27-24(18-7-12-25-13-8-18)19-9-14-26-15-10-19/h3-8,12-13,17,19,24,26-27H,2,9-11,14-16H2,1H3. The summed E-state index contributed by atoms with van der Waals surface area (Å²) >= 11 is 0. The van der Waals surface area contributed by atoms with Crippen LogP contribution in [0.4, 0.5) is 0 Å². The SMILES string of the molecule is Cn1c(=O)ccc2cc(OCCCNC(c3ccncc3)C3CCNCC3)ccc21. The molecule has 1 atom stereocenters. The lowest BCUT2D eigenvalue weighted by Gasteiger charge is -2.32. The van der Waals surface area contributed by atoms with Crippen molar-refractivity contribution < 1.29 is 4.74 Å². The molecule has 0 bridgehead atoms. The predicted octanol–water partition coefficient (Wildman–Crippen LogP) is 3.03. The molecule has 1 aromatic carbocycles. The molecular formula is C24H30N4O2. The summed E-state index contributed by atoms with van der Waals surface area (Å²) in [5.74, 6) is 1.48. The van der Waals surface area contributed by atoms with Gasteiger partial charge in [-0.3, -0.25) is 9.78 Å². The van der Waals surface area contributed by atoms with Crippen LogP contribution in [0.1, 0.15) is 30.9 Å². The lowest BCUT2D eigenvalue weighted by atomic mass is 9.86. The van der Waals surface area contributed by atoms with Crippen LogP contribution >= 0.6 is 0 Å². The molecule has 2 aromatic heterocycles. The van der Waals surface area contributed by atoms with Gasteiger partial charge in [-0.1, -0.05) is 0 Å². The Morgan fingerprint density at radius 3 is 2.77 bits per heavy atom. The molecule has 0 aliphatic carbocycles. The zero-order valence-corrected chi connectivity index (χ0v) is 17.5. The van der Waals surface area contributed by atoms with Gasteiger partial charge in [-0.15, -0.1) is 0 Å². The summed E-state index contributed by atoms with van der Waals surface area (Å²) in [6.45, 7) is 3.73. The van der Waals surface area contributed by atoms with Crippen molar-refractivity contribution in [3.8, 4) is 5.75 Å². The summed E-state index contributed by atoms with van der Waals surface area (Å²) in [4.78, 5) is 15.9. The molecule has 1 aliphatic heterocycles. The van der Waals surface area contributed by atoms with Crippen LogP contribution in [-0.4, -0.2) is 35.8 Å². The molecule has 2 N–H and O–H groups in total. The maximum absolute atomic E-state index is 11.8. The smallest absolute Gasteiger partial charge is 0.250 e. The normalized spacial score (nSPS) is 15.9. The second-order valence-electron chi connectivity index (χ2n) is 7.95. The molecule has 6 heteroatoms. The Balaban J connectivity index is 1.31. The van der Waals surface area contributed by atoms with Gasteiger partial charge in [0.1, 0.15) is 5.75 Å². The molecule has 3 aromatic rings. The van der Waals surface area contributed by atoms with Crippen molar-refractivity contribution >= 4 is 10.9 Å². The van der Waals surface area contributed by atoms with Gasteiger partial charge in [0.2, 0.25) is 0 Å². The Kier molecular flexibility index (Phi) is 6.77. The zero-order chi connectivity index (χ0) is 20.8. The first-order valence-electron chi connectivity index (χ1n) is 10.8. The number of aromatic nitrogens is 2. The molecule has 1 saturated heterocycles. The van der Waals surface area contributed by atoms with Crippen LogP contribution in [0.5, 0.6) is 5.75 Å². The third-order valence-electron chi connectivity index (χ3n) is 5.97. The molecular weight excluding hydrogens is 376 g/mol. The number of aryl methyl sites for hydroxylation is 1. The van der Waals surface area contributed by atoms with Crippen LogP contribution in [0.2, 0.25) is 0 Å². The Morgan fingerprint density at radius 1 is 1.17 bits per heavy atom. The number of fused-ring (bicyclic) bond motifs is 1. The van der Waals surface area contributed by atoms with Crippen molar-refractivity contribution in [1.29, 1.82) is 0 Å². The minimum Gasteiger partial charge on any atom is -0.494 e. The first-order valence-corrected chi connectivity index (χ1v) is 10.8. The maximum Gasteiger partial charge on any atom is 0.250 e. The molecule has 6 nitrogen and oxygen atoms in total. The highest BCUT2D eigenvalue weighted by Gasteiger charge is 2.24. The Morgan fingerprint density at radius 2 is 1.97 bits per heavy atom. The van der Waals surface area contributed by atoms with Gasteiger partial charge in [-0.25, -0.2) is 0 Å². The molecule has 1 unspecified atom stereocenters. The van der Waals surface area contributed by atoms with Crippen molar-refractivity contribution in [2.75, 3.05) is 26.2 Å². The fraction of sp³-hybridized carbons (Fsp3) is 0.417. The summed E-state index contributed by atoms with van der Waals surface area (Å²) in [6.07, 6.45) is 7.07. The average Bonchev–Trinajstić information content (AvgIpc) is 2.80. The van der Waals surface area contributed by atoms with Crippen LogP contribution in [0, 0.1) is 5.92 Å². The van der Waals surface area contributed by atoms with Crippen molar-refractivity contribution in [2.45, 2.75) is 25.3 Å². The Labute approximate surface area is 177 Å². The minimum atomic E-state index is -0.000239. The quantitative estimate of drug-likeness (QED) is 0.563. The van der Waals surface area contributed by atoms with Crippen LogP contribution in [0.25, 0.3) is 10.9 Å². The summed E-state index contributed by atoms with van der Waals surface area (Å²) < 4.78 is 7.63. The van der Waals surface area contributed by atoms with E-state index < -0.39 is 0 Å². The van der Waals surface area contributed by atoms with Gasteiger partial charge in [0.15, 0.2) is 0 Å². The van der Waals surface area contributed by atoms with E-state index in [2.05, 4.69) is 27.8 Å². The van der Waals surface area contributed by atoms with Crippen molar-refractivity contribution in [3.05, 3.63) is 70.8 Å². The number of ether oxygens (including phenoxy) is 1. The predicted molar refractivity (Wildman–Crippen MR) is 120 cm³/mol. The topological polar surface area (TPSA) is 68.2 Å². The Bertz CT molecular complexity index is 1010. The largest absolute Gasteiger partial charge is 0.494 e. The Hall–Kier alpha value is -2.70. The lowest BCUT2D eigenvalue weighted by molar-refractivity contribution is 0.266. The van der Waals surface area contributed by atoms with Gasteiger partial charge >= 0.3 is 0 Å². The van der Waals surface area contributed by atoms with E-state index in [9.17, 15) is 4.79 Å². The number of hydrogen-bond acceptors (Lipinski definition) is 5. The van der Waals surface area contributed by atoms with E-state index in [1.807, 2.05) is 36.7 Å². The molecule has 0 saturated carbocycles. The van der Waals surface area contributed by atoms with E-state index in [4.69, 9.17) is 4.74 Å². The van der Waals surface area contributed by atoms with Gasteiger partial charge in [-0.2, -0.15) is 0 Å². The van der Waals surface area contributed by atoms with Crippen molar-refractivity contribution in [3.63, 3.8) is 0 Å². The number of nitrogens with zero attached hydrogens (tertiary/aromatic N) is 2. The molecule has 4 rings (SSSR count). The monoisotopic (exact) mass is 406 g/mol. The molecule has 1 aliphatic rings. The number of piperidine rings is 1. The number of hydrogen-bond donors (Lipinski definition) is 2. The number of rotatable bonds is 8. The van der Waals surface area contributed by atoms with Gasteiger partial charge in [0, 0.05) is 36.9 Å². The summed E-state index contributed by atoms with van der Waals surface area (Å²) in [5.41, 5.74) is 2.23. The van der Waals surface area contributed by atoms with Crippen LogP contribution in [0.3, 0.4) is 0 Å². The fourth-order valence-electron chi connectivity index (χ4n) is 4.28. The highest BCUT2D eigenvalue weighted by molar-refractivity contribution is 5.80. The van der Waals surface area contributed by atoms with Crippen LogP contribution < -0.4 is 20.9 Å². The second-order valence-corrected chi connectivity index (χ2v) is 7.95. The van der Waals surface area contributed by atoms with Crippen LogP contribution in [0.15, 0.2) is 59.7 Å². The zero-order valence-electron chi connectivity index (χ0n) is 17.5. The van der Waals surface area contributed by atoms with E-state index in [0.29, 0.717) is 18.6 Å². The molecule has 0 spiro atoms. The molecule has 0 amide bonds. The van der Waals surface area contributed by atoms with E-state index in [1.165, 1.54) is 18.4 Å². The minimum absolute atomic E-state index is 0.000239. The van der Waals surface area contributed by atoms with Gasteiger partial charge in [0.25, 0.3) is 5.56 Å². The molecule has 3 heterocycles. The van der Waals surface area contributed by atoms with Gasteiger partial charge < -0.3 is 19.9 Å².